The predicted octanol–water partition coefficient (Wildman–Crippen LogP) is 3.84. The number of nitrogens with two attached hydrogens (primary N) is 1. The third-order valence-corrected chi connectivity index (χ3v) is 3.24. The van der Waals surface area contributed by atoms with Gasteiger partial charge in [-0.25, -0.2) is 4.39 Å². The first-order chi connectivity index (χ1) is 8.11. The maximum atomic E-state index is 13.4. The topological polar surface area (TPSA) is 26.0 Å². The fraction of sp³-hybridized carbons (Fsp3) is 0.143. The van der Waals surface area contributed by atoms with Crippen LogP contribution in [0, 0.1) is 12.7 Å². The normalized spacial score (nSPS) is 12.5. The summed E-state index contributed by atoms with van der Waals surface area (Å²) in [5.41, 5.74) is 8.78. The Morgan fingerprint density at radius 1 is 1.06 bits per heavy atom. The molecular weight excluding hydrogens is 237 g/mol. The zero-order valence-electron chi connectivity index (χ0n) is 9.45. The summed E-state index contributed by atoms with van der Waals surface area (Å²) in [4.78, 5) is 0. The molecular formula is C14H13ClFN. The van der Waals surface area contributed by atoms with E-state index in [0.717, 1.165) is 11.1 Å². The molecule has 2 aromatic rings. The van der Waals surface area contributed by atoms with Gasteiger partial charge in [0.2, 0.25) is 0 Å². The van der Waals surface area contributed by atoms with Gasteiger partial charge in [-0.2, -0.15) is 0 Å². The van der Waals surface area contributed by atoms with Crippen molar-refractivity contribution in [2.24, 2.45) is 5.73 Å². The molecule has 0 bridgehead atoms. The molecule has 0 saturated heterocycles. The summed E-state index contributed by atoms with van der Waals surface area (Å²) in [7, 11) is 0. The number of halogens is 2. The number of rotatable bonds is 2. The van der Waals surface area contributed by atoms with Gasteiger partial charge in [0.05, 0.1) is 11.1 Å². The number of aryl methyl sites for hydroxylation is 1. The summed E-state index contributed by atoms with van der Waals surface area (Å²) in [6, 6.07) is 12.1. The largest absolute Gasteiger partial charge is 0.320 e. The quantitative estimate of drug-likeness (QED) is 0.860. The van der Waals surface area contributed by atoms with Crippen LogP contribution in [-0.2, 0) is 0 Å². The average molecular weight is 250 g/mol. The van der Waals surface area contributed by atoms with Crippen LogP contribution in [0.1, 0.15) is 22.7 Å². The van der Waals surface area contributed by atoms with Crippen molar-refractivity contribution in [1.82, 2.24) is 0 Å². The Morgan fingerprint density at radius 3 is 2.41 bits per heavy atom. The van der Waals surface area contributed by atoms with Gasteiger partial charge in [-0.1, -0.05) is 48.0 Å². The van der Waals surface area contributed by atoms with Crippen molar-refractivity contribution in [2.45, 2.75) is 13.0 Å². The summed E-state index contributed by atoms with van der Waals surface area (Å²) in [5.74, 6) is -0.437. The number of hydrogen-bond acceptors (Lipinski definition) is 1. The minimum absolute atomic E-state index is 0.100. The molecule has 0 saturated carbocycles. The molecule has 2 rings (SSSR count). The average Bonchev–Trinajstić information content (AvgIpc) is 2.32. The van der Waals surface area contributed by atoms with Crippen LogP contribution >= 0.6 is 11.6 Å². The molecule has 0 aliphatic carbocycles. The summed E-state index contributed by atoms with van der Waals surface area (Å²) in [6.45, 7) is 1.97. The van der Waals surface area contributed by atoms with Crippen LogP contribution in [0.5, 0.6) is 0 Å². The maximum Gasteiger partial charge on any atom is 0.142 e. The summed E-state index contributed by atoms with van der Waals surface area (Å²) >= 11 is 5.94. The van der Waals surface area contributed by atoms with Crippen LogP contribution in [0.4, 0.5) is 4.39 Å². The van der Waals surface area contributed by atoms with Crippen LogP contribution in [0.3, 0.4) is 0 Å². The van der Waals surface area contributed by atoms with Gasteiger partial charge in [-0.15, -0.1) is 0 Å². The fourth-order valence-electron chi connectivity index (χ4n) is 1.86. The molecule has 0 radical (unpaired) electrons. The van der Waals surface area contributed by atoms with E-state index >= 15 is 0 Å². The van der Waals surface area contributed by atoms with Crippen LogP contribution < -0.4 is 5.73 Å². The maximum absolute atomic E-state index is 13.4. The van der Waals surface area contributed by atoms with Crippen molar-refractivity contribution in [3.63, 3.8) is 0 Å². The van der Waals surface area contributed by atoms with Crippen molar-refractivity contribution in [3.05, 3.63) is 70.0 Å². The van der Waals surface area contributed by atoms with E-state index in [0.29, 0.717) is 5.56 Å². The molecule has 0 aromatic heterocycles. The van der Waals surface area contributed by atoms with E-state index in [1.165, 1.54) is 6.07 Å². The van der Waals surface area contributed by atoms with E-state index in [1.54, 1.807) is 12.1 Å². The summed E-state index contributed by atoms with van der Waals surface area (Å²) < 4.78 is 13.4. The lowest BCUT2D eigenvalue weighted by atomic mass is 9.96. The van der Waals surface area contributed by atoms with Crippen LogP contribution in [0.25, 0.3) is 0 Å². The number of hydrogen-bond donors (Lipinski definition) is 1. The lowest BCUT2D eigenvalue weighted by Gasteiger charge is -2.16. The van der Waals surface area contributed by atoms with Gasteiger partial charge in [-0.3, -0.25) is 0 Å². The zero-order chi connectivity index (χ0) is 12.4. The Hall–Kier alpha value is -1.38. The first kappa shape index (κ1) is 12.1. The van der Waals surface area contributed by atoms with Gasteiger partial charge in [0.15, 0.2) is 0 Å². The predicted molar refractivity (Wildman–Crippen MR) is 68.6 cm³/mol. The highest BCUT2D eigenvalue weighted by Gasteiger charge is 2.16. The van der Waals surface area contributed by atoms with E-state index in [1.807, 2.05) is 31.2 Å². The van der Waals surface area contributed by atoms with Crippen LogP contribution in [-0.4, -0.2) is 0 Å². The molecule has 2 N–H and O–H groups in total. The molecule has 0 amide bonds. The van der Waals surface area contributed by atoms with E-state index in [9.17, 15) is 4.39 Å². The van der Waals surface area contributed by atoms with Gasteiger partial charge < -0.3 is 5.73 Å². The Balaban J connectivity index is 2.48. The van der Waals surface area contributed by atoms with Crippen molar-refractivity contribution in [2.75, 3.05) is 0 Å². The minimum atomic E-state index is -0.437. The minimum Gasteiger partial charge on any atom is -0.320 e. The molecule has 2 aromatic carbocycles. The standard InChI is InChI=1S/C14H13ClFN/c1-9-5-2-3-6-10(9)14(17)11-7-4-8-12(16)13(11)15/h2-8,14H,17H2,1H3. The van der Waals surface area contributed by atoms with E-state index in [2.05, 4.69) is 0 Å². The monoisotopic (exact) mass is 249 g/mol. The SMILES string of the molecule is Cc1ccccc1C(N)c1cccc(F)c1Cl. The zero-order valence-corrected chi connectivity index (χ0v) is 10.2. The highest BCUT2D eigenvalue weighted by atomic mass is 35.5. The molecule has 0 aliphatic rings. The third kappa shape index (κ3) is 2.33. The van der Waals surface area contributed by atoms with Crippen molar-refractivity contribution >= 4 is 11.6 Å². The molecule has 88 valence electrons. The van der Waals surface area contributed by atoms with Crippen molar-refractivity contribution in [1.29, 1.82) is 0 Å². The lowest BCUT2D eigenvalue weighted by molar-refractivity contribution is 0.624. The van der Waals surface area contributed by atoms with Gasteiger partial charge in [-0.05, 0) is 29.7 Å². The number of benzene rings is 2. The highest BCUT2D eigenvalue weighted by Crippen LogP contribution is 2.29. The van der Waals surface area contributed by atoms with Crippen LogP contribution in [0.2, 0.25) is 5.02 Å². The highest BCUT2D eigenvalue weighted by molar-refractivity contribution is 6.31. The van der Waals surface area contributed by atoms with Crippen LogP contribution in [0.15, 0.2) is 42.5 Å². The Morgan fingerprint density at radius 2 is 1.71 bits per heavy atom. The summed E-state index contributed by atoms with van der Waals surface area (Å²) in [6.07, 6.45) is 0. The smallest absolute Gasteiger partial charge is 0.142 e. The van der Waals surface area contributed by atoms with Gasteiger partial charge >= 0.3 is 0 Å². The first-order valence-electron chi connectivity index (χ1n) is 5.36. The molecule has 0 fully saturated rings. The lowest BCUT2D eigenvalue weighted by Crippen LogP contribution is -2.14. The van der Waals surface area contributed by atoms with Crippen molar-refractivity contribution < 1.29 is 4.39 Å². The Labute approximate surface area is 105 Å². The molecule has 17 heavy (non-hydrogen) atoms. The van der Waals surface area contributed by atoms with E-state index < -0.39 is 11.9 Å². The molecule has 0 spiro atoms. The van der Waals surface area contributed by atoms with Gasteiger partial charge in [0.1, 0.15) is 5.82 Å². The molecule has 1 atom stereocenters. The molecule has 1 unspecified atom stereocenters. The molecule has 0 aliphatic heterocycles. The fourth-order valence-corrected chi connectivity index (χ4v) is 2.11. The second-order valence-electron chi connectivity index (χ2n) is 3.98. The van der Waals surface area contributed by atoms with Gasteiger partial charge in [0, 0.05) is 0 Å². The molecule has 1 nitrogen and oxygen atoms in total. The Kier molecular flexibility index (Phi) is 3.46. The molecule has 0 heterocycles. The third-order valence-electron chi connectivity index (χ3n) is 2.84. The second kappa shape index (κ2) is 4.86. The van der Waals surface area contributed by atoms with Gasteiger partial charge in [0.25, 0.3) is 0 Å². The second-order valence-corrected chi connectivity index (χ2v) is 4.36. The Bertz CT molecular complexity index is 539. The van der Waals surface area contributed by atoms with E-state index in [-0.39, 0.29) is 5.02 Å². The van der Waals surface area contributed by atoms with Crippen molar-refractivity contribution in [3.8, 4) is 0 Å². The summed E-state index contributed by atoms with van der Waals surface area (Å²) in [5, 5.41) is 0.100. The first-order valence-corrected chi connectivity index (χ1v) is 5.74. The molecule has 3 heteroatoms. The van der Waals surface area contributed by atoms with E-state index in [4.69, 9.17) is 17.3 Å².